The number of aryl methyl sites for hydroxylation is 2. The van der Waals surface area contributed by atoms with E-state index in [-0.39, 0.29) is 12.4 Å². The zero-order valence-corrected chi connectivity index (χ0v) is 26.8. The Labute approximate surface area is 269 Å². The minimum absolute atomic E-state index is 0.0429. The number of pyridine rings is 1. The van der Waals surface area contributed by atoms with Crippen molar-refractivity contribution in [3.63, 3.8) is 0 Å². The number of thiophene rings is 1. The van der Waals surface area contributed by atoms with Gasteiger partial charge in [0.25, 0.3) is 0 Å². The molecule has 0 saturated heterocycles. The van der Waals surface area contributed by atoms with E-state index < -0.39 is 18.2 Å². The zero-order valence-electron chi connectivity index (χ0n) is 24.5. The van der Waals surface area contributed by atoms with Crippen LogP contribution in [-0.2, 0) is 25.4 Å². The Morgan fingerprint density at radius 3 is 2.57 bits per heavy atom. The smallest absolute Gasteiger partial charge is 0.310 e. The number of carbonyl (C=O) groups excluding carboxylic acids is 1. The number of fused-ring (bicyclic) bond motifs is 3. The molecule has 0 radical (unpaired) electrons. The van der Waals surface area contributed by atoms with Crippen molar-refractivity contribution in [2.45, 2.75) is 38.5 Å². The Balaban J connectivity index is 1.34. The summed E-state index contributed by atoms with van der Waals surface area (Å²) in [6, 6.07) is 16.9. The van der Waals surface area contributed by atoms with Crippen molar-refractivity contribution in [3.05, 3.63) is 110 Å². The Bertz CT molecular complexity index is 1770. The lowest BCUT2D eigenvalue weighted by Crippen LogP contribution is -2.41. The van der Waals surface area contributed by atoms with Crippen molar-refractivity contribution in [2.75, 3.05) is 31.0 Å². The first-order valence-corrected chi connectivity index (χ1v) is 15.9. The second kappa shape index (κ2) is 13.2. The summed E-state index contributed by atoms with van der Waals surface area (Å²) in [5.41, 5.74) is 7.60. The van der Waals surface area contributed by atoms with Crippen LogP contribution in [0.15, 0.2) is 71.6 Å². The van der Waals surface area contributed by atoms with Gasteiger partial charge in [0.05, 0.1) is 58.5 Å². The normalized spacial score (nSPS) is 17.7. The van der Waals surface area contributed by atoms with Crippen molar-refractivity contribution >= 4 is 63.2 Å². The molecule has 3 atom stereocenters. The molecule has 0 aliphatic carbocycles. The van der Waals surface area contributed by atoms with Crippen LogP contribution in [0.5, 0.6) is 0 Å². The predicted molar refractivity (Wildman–Crippen MR) is 176 cm³/mol. The SMILES string of the molecule is COCCO[C@@H]1c2ccn3c(C)c(C)nc3c2N[C@H](c2ccccc2)[C@H]1OC(=O)Cc1cscc1Nc1c(Cl)cccc1Cl. The number of methoxy groups -OCH3 is 1. The van der Waals surface area contributed by atoms with E-state index in [2.05, 4.69) is 15.0 Å². The summed E-state index contributed by atoms with van der Waals surface area (Å²) in [5.74, 6) is -0.387. The van der Waals surface area contributed by atoms with Gasteiger partial charge in [0, 0.05) is 29.9 Å². The largest absolute Gasteiger partial charge is 0.456 e. The topological polar surface area (TPSA) is 86.1 Å². The molecule has 44 heavy (non-hydrogen) atoms. The number of aromatic nitrogens is 2. The van der Waals surface area contributed by atoms with E-state index in [4.69, 9.17) is 42.4 Å². The van der Waals surface area contributed by atoms with Crippen LogP contribution in [0.1, 0.15) is 40.2 Å². The van der Waals surface area contributed by atoms with E-state index in [0.717, 1.165) is 45.1 Å². The fourth-order valence-electron chi connectivity index (χ4n) is 5.50. The lowest BCUT2D eigenvalue weighted by molar-refractivity contribution is -0.160. The predicted octanol–water partition coefficient (Wildman–Crippen LogP) is 8.09. The summed E-state index contributed by atoms with van der Waals surface area (Å²) in [6.45, 7) is 4.76. The minimum atomic E-state index is -0.679. The van der Waals surface area contributed by atoms with Crippen molar-refractivity contribution in [2.24, 2.45) is 0 Å². The lowest BCUT2D eigenvalue weighted by Gasteiger charge is -2.40. The summed E-state index contributed by atoms with van der Waals surface area (Å²) in [5, 5.41) is 11.8. The van der Waals surface area contributed by atoms with Gasteiger partial charge in [0.2, 0.25) is 0 Å². The number of ether oxygens (including phenoxy) is 3. The molecule has 5 aromatic rings. The average Bonchev–Trinajstić information content (AvgIpc) is 3.58. The molecule has 2 N–H and O–H groups in total. The fourth-order valence-corrected chi connectivity index (χ4v) is 6.79. The molecule has 0 bridgehead atoms. The second-order valence-electron chi connectivity index (χ2n) is 10.6. The van der Waals surface area contributed by atoms with Crippen molar-refractivity contribution in [1.29, 1.82) is 0 Å². The van der Waals surface area contributed by atoms with Gasteiger partial charge in [-0.1, -0.05) is 59.6 Å². The van der Waals surface area contributed by atoms with E-state index in [1.54, 1.807) is 25.3 Å². The number of hydrogen-bond donors (Lipinski definition) is 2. The number of esters is 1. The van der Waals surface area contributed by atoms with Gasteiger partial charge in [0.1, 0.15) is 6.10 Å². The molecular formula is C33H32Cl2N4O4S. The van der Waals surface area contributed by atoms with E-state index >= 15 is 0 Å². The molecule has 0 unspecified atom stereocenters. The molecule has 0 fully saturated rings. The van der Waals surface area contributed by atoms with Crippen LogP contribution in [0.4, 0.5) is 17.1 Å². The number of hydrogen-bond acceptors (Lipinski definition) is 8. The highest BCUT2D eigenvalue weighted by Crippen LogP contribution is 2.45. The molecule has 228 valence electrons. The van der Waals surface area contributed by atoms with Gasteiger partial charge in [-0.25, -0.2) is 4.98 Å². The highest BCUT2D eigenvalue weighted by molar-refractivity contribution is 7.08. The van der Waals surface area contributed by atoms with Gasteiger partial charge in [-0.05, 0) is 48.6 Å². The highest BCUT2D eigenvalue weighted by atomic mass is 35.5. The van der Waals surface area contributed by atoms with Gasteiger partial charge in [-0.15, -0.1) is 11.3 Å². The monoisotopic (exact) mass is 650 g/mol. The number of benzene rings is 2. The summed E-state index contributed by atoms with van der Waals surface area (Å²) in [4.78, 5) is 18.6. The third kappa shape index (κ3) is 6.03. The fraction of sp³-hybridized carbons (Fsp3) is 0.273. The Morgan fingerprint density at radius 1 is 1.05 bits per heavy atom. The van der Waals surface area contributed by atoms with Crippen molar-refractivity contribution in [1.82, 2.24) is 9.38 Å². The second-order valence-corrected chi connectivity index (χ2v) is 12.2. The first-order chi connectivity index (χ1) is 21.4. The molecule has 0 amide bonds. The number of carbonyl (C=O) groups is 1. The molecule has 0 saturated carbocycles. The van der Waals surface area contributed by atoms with Crippen LogP contribution >= 0.6 is 34.5 Å². The molecule has 2 aromatic carbocycles. The molecular weight excluding hydrogens is 619 g/mol. The van der Waals surface area contributed by atoms with E-state index in [0.29, 0.717) is 28.9 Å². The summed E-state index contributed by atoms with van der Waals surface area (Å²) in [7, 11) is 1.63. The van der Waals surface area contributed by atoms with Gasteiger partial charge in [-0.3, -0.25) is 4.79 Å². The molecule has 3 aromatic heterocycles. The Hall–Kier alpha value is -3.60. The average molecular weight is 652 g/mol. The van der Waals surface area contributed by atoms with E-state index in [1.165, 1.54) is 11.3 Å². The summed E-state index contributed by atoms with van der Waals surface area (Å²) >= 11 is 14.3. The third-order valence-electron chi connectivity index (χ3n) is 7.85. The third-order valence-corrected chi connectivity index (χ3v) is 9.27. The molecule has 8 nitrogen and oxygen atoms in total. The minimum Gasteiger partial charge on any atom is -0.456 e. The number of rotatable bonds is 10. The molecule has 0 spiro atoms. The van der Waals surface area contributed by atoms with Gasteiger partial charge in [-0.2, -0.15) is 0 Å². The molecule has 1 aliphatic heterocycles. The molecule has 6 rings (SSSR count). The highest BCUT2D eigenvalue weighted by Gasteiger charge is 2.42. The quantitative estimate of drug-likeness (QED) is 0.117. The Morgan fingerprint density at radius 2 is 1.82 bits per heavy atom. The van der Waals surface area contributed by atoms with Crippen LogP contribution in [-0.4, -0.2) is 41.8 Å². The number of nitrogens with one attached hydrogen (secondary N) is 2. The van der Waals surface area contributed by atoms with Crippen LogP contribution in [0.25, 0.3) is 5.65 Å². The van der Waals surface area contributed by atoms with Crippen molar-refractivity contribution in [3.8, 4) is 0 Å². The van der Waals surface area contributed by atoms with Gasteiger partial charge in [0.15, 0.2) is 11.8 Å². The first-order valence-electron chi connectivity index (χ1n) is 14.2. The van der Waals surface area contributed by atoms with E-state index in [9.17, 15) is 4.79 Å². The summed E-state index contributed by atoms with van der Waals surface area (Å²) in [6.07, 6.45) is 0.783. The van der Waals surface area contributed by atoms with Gasteiger partial charge < -0.3 is 29.2 Å². The zero-order chi connectivity index (χ0) is 30.8. The summed E-state index contributed by atoms with van der Waals surface area (Å²) < 4.78 is 20.2. The van der Waals surface area contributed by atoms with Crippen LogP contribution in [0.3, 0.4) is 0 Å². The number of imidazole rings is 1. The maximum absolute atomic E-state index is 13.7. The molecule has 11 heteroatoms. The van der Waals surface area contributed by atoms with E-state index in [1.807, 2.05) is 67.2 Å². The maximum Gasteiger partial charge on any atom is 0.310 e. The first kappa shape index (κ1) is 30.4. The van der Waals surface area contributed by atoms with Crippen LogP contribution in [0.2, 0.25) is 10.0 Å². The number of para-hydroxylation sites is 1. The van der Waals surface area contributed by atoms with Crippen molar-refractivity contribution < 1.29 is 19.0 Å². The van der Waals surface area contributed by atoms with Crippen LogP contribution in [0, 0.1) is 13.8 Å². The number of halogens is 2. The lowest BCUT2D eigenvalue weighted by atomic mass is 9.88. The molecule has 4 heterocycles. The Kier molecular flexibility index (Phi) is 9.11. The molecule has 1 aliphatic rings. The number of anilines is 3. The maximum atomic E-state index is 13.7. The standard InChI is InChI=1S/C33H32Cl2N4O4S/c1-19-20(2)39-13-12-23-29(33(39)36-19)38-28(21-8-5-4-6-9-21)32(31(23)42-15-14-41-3)43-27(40)16-22-17-44-18-26(22)37-30-24(34)10-7-11-25(30)35/h4-13,17-18,28,31-32,37-38H,14-16H2,1-3H3/t28-,31-,32-/m1/s1. The number of nitrogens with zero attached hydrogens (tertiary/aromatic N) is 2. The van der Waals surface area contributed by atoms with Gasteiger partial charge >= 0.3 is 5.97 Å². The van der Waals surface area contributed by atoms with Crippen LogP contribution < -0.4 is 10.6 Å².